The molecule has 2 amide bonds. The molecule has 1 aromatic rings. The normalized spacial score (nSPS) is 22.8. The van der Waals surface area contributed by atoms with Crippen LogP contribution >= 0.6 is 11.3 Å². The lowest BCUT2D eigenvalue weighted by atomic mass is 9.80. The van der Waals surface area contributed by atoms with Gasteiger partial charge in [0.25, 0.3) is 5.91 Å². The molecule has 27 heavy (non-hydrogen) atoms. The van der Waals surface area contributed by atoms with Crippen molar-refractivity contribution in [3.05, 3.63) is 21.4 Å². The van der Waals surface area contributed by atoms with Crippen LogP contribution in [0.25, 0.3) is 0 Å². The minimum atomic E-state index is -0.360. The lowest BCUT2D eigenvalue weighted by Gasteiger charge is -2.45. The lowest BCUT2D eigenvalue weighted by Crippen LogP contribution is -2.50. The van der Waals surface area contributed by atoms with Gasteiger partial charge < -0.3 is 20.1 Å². The third-order valence-electron chi connectivity index (χ3n) is 6.22. The van der Waals surface area contributed by atoms with Crippen LogP contribution in [0.1, 0.15) is 59.1 Å². The Labute approximate surface area is 163 Å². The highest BCUT2D eigenvalue weighted by atomic mass is 32.1. The zero-order chi connectivity index (χ0) is 19.0. The van der Waals surface area contributed by atoms with Gasteiger partial charge in [-0.15, -0.1) is 11.3 Å². The van der Waals surface area contributed by atoms with Crippen LogP contribution in [0, 0.1) is 5.92 Å². The van der Waals surface area contributed by atoms with E-state index in [1.807, 2.05) is 11.0 Å². The molecule has 6 nitrogen and oxygen atoms in total. The van der Waals surface area contributed by atoms with Crippen molar-refractivity contribution in [1.82, 2.24) is 10.2 Å². The molecule has 2 fully saturated rings. The molecule has 2 N–H and O–H groups in total. The van der Waals surface area contributed by atoms with Gasteiger partial charge in [0.1, 0.15) is 0 Å². The number of carbonyl (C=O) groups is 2. The molecule has 1 saturated carbocycles. The Morgan fingerprint density at radius 3 is 2.78 bits per heavy atom. The number of ether oxygens (including phenoxy) is 1. The van der Waals surface area contributed by atoms with Crippen molar-refractivity contribution in [2.45, 2.75) is 57.1 Å². The van der Waals surface area contributed by atoms with Gasteiger partial charge in [0.05, 0.1) is 23.7 Å². The first-order chi connectivity index (χ1) is 13.0. The molecule has 1 saturated heterocycles. The number of carbonyl (C=O) groups excluding carboxylic acids is 2. The zero-order valence-electron chi connectivity index (χ0n) is 15.8. The average Bonchev–Trinajstić information content (AvgIpc) is 3.07. The molecule has 0 radical (unpaired) electrons. The van der Waals surface area contributed by atoms with E-state index in [2.05, 4.69) is 5.32 Å². The number of fused-ring (bicyclic) bond motifs is 2. The van der Waals surface area contributed by atoms with Crippen molar-refractivity contribution < 1.29 is 19.4 Å². The summed E-state index contributed by atoms with van der Waals surface area (Å²) in [5.74, 6) is 0.422. The molecule has 0 unspecified atom stereocenters. The highest BCUT2D eigenvalue weighted by Crippen LogP contribution is 2.45. The molecule has 3 aliphatic rings. The maximum Gasteiger partial charge on any atom is 0.261 e. The second-order valence-corrected chi connectivity index (χ2v) is 9.19. The summed E-state index contributed by atoms with van der Waals surface area (Å²) >= 11 is 1.53. The molecule has 1 aromatic heterocycles. The maximum absolute atomic E-state index is 12.5. The van der Waals surface area contributed by atoms with Crippen molar-refractivity contribution >= 4 is 23.2 Å². The highest BCUT2D eigenvalue weighted by molar-refractivity contribution is 7.14. The van der Waals surface area contributed by atoms with Gasteiger partial charge in [-0.25, -0.2) is 0 Å². The molecule has 148 valence electrons. The molecule has 4 rings (SSSR count). The van der Waals surface area contributed by atoms with Crippen LogP contribution in [-0.4, -0.2) is 54.2 Å². The average molecular weight is 393 g/mol. The van der Waals surface area contributed by atoms with E-state index in [0.29, 0.717) is 17.4 Å². The molecular formula is C20H28N2O4S. The predicted octanol–water partition coefficient (Wildman–Crippen LogP) is 2.05. The zero-order valence-corrected chi connectivity index (χ0v) is 16.6. The Bertz CT molecular complexity index is 720. The Morgan fingerprint density at radius 1 is 1.41 bits per heavy atom. The van der Waals surface area contributed by atoms with Crippen LogP contribution in [-0.2, 0) is 21.6 Å². The topological polar surface area (TPSA) is 78.9 Å². The highest BCUT2D eigenvalue weighted by Gasteiger charge is 2.44. The van der Waals surface area contributed by atoms with E-state index in [9.17, 15) is 9.59 Å². The number of aliphatic hydroxyl groups is 1. The Hall–Kier alpha value is -1.44. The van der Waals surface area contributed by atoms with E-state index >= 15 is 0 Å². The number of rotatable bonds is 4. The molecule has 7 heteroatoms. The van der Waals surface area contributed by atoms with Crippen molar-refractivity contribution in [2.75, 3.05) is 26.3 Å². The molecule has 0 aromatic carbocycles. The third-order valence-corrected chi connectivity index (χ3v) is 7.41. The van der Waals surface area contributed by atoms with E-state index < -0.39 is 0 Å². The summed E-state index contributed by atoms with van der Waals surface area (Å²) in [4.78, 5) is 28.9. The molecular weight excluding hydrogens is 364 g/mol. The van der Waals surface area contributed by atoms with E-state index in [0.717, 1.165) is 50.8 Å². The van der Waals surface area contributed by atoms with E-state index in [4.69, 9.17) is 9.84 Å². The number of hydrogen-bond acceptors (Lipinski definition) is 5. The largest absolute Gasteiger partial charge is 0.394 e. The summed E-state index contributed by atoms with van der Waals surface area (Å²) in [5.41, 5.74) is 0.776. The summed E-state index contributed by atoms with van der Waals surface area (Å²) in [6, 6.07) is 1.71. The van der Waals surface area contributed by atoms with Gasteiger partial charge in [-0.05, 0) is 44.2 Å². The van der Waals surface area contributed by atoms with Crippen molar-refractivity contribution in [2.24, 2.45) is 5.92 Å². The van der Waals surface area contributed by atoms with Crippen LogP contribution < -0.4 is 5.32 Å². The first-order valence-corrected chi connectivity index (χ1v) is 10.8. The standard InChI is InChI=1S/C20H28N2O4S/c1-13(12-23)21-18(24)17-11-15-16(27-17)5-10-26-20(15)6-8-22(9-7-20)19(25)14-3-2-4-14/h11,13-14,23H,2-10,12H2,1H3,(H,21,24)/t13-/m1/s1. The lowest BCUT2D eigenvalue weighted by molar-refractivity contribution is -0.147. The fraction of sp³-hybridized carbons (Fsp3) is 0.700. The number of amides is 2. The smallest absolute Gasteiger partial charge is 0.261 e. The first kappa shape index (κ1) is 18.9. The van der Waals surface area contributed by atoms with E-state index in [1.54, 1.807) is 6.92 Å². The van der Waals surface area contributed by atoms with Gasteiger partial charge in [0.2, 0.25) is 5.91 Å². The summed E-state index contributed by atoms with van der Waals surface area (Å²) < 4.78 is 6.25. The van der Waals surface area contributed by atoms with Crippen LogP contribution in [0.15, 0.2) is 6.07 Å². The minimum Gasteiger partial charge on any atom is -0.394 e. The number of likely N-dealkylation sites (tertiary alicyclic amines) is 1. The second kappa shape index (κ2) is 7.53. The summed E-state index contributed by atoms with van der Waals surface area (Å²) in [7, 11) is 0. The predicted molar refractivity (Wildman–Crippen MR) is 103 cm³/mol. The van der Waals surface area contributed by atoms with Gasteiger partial charge in [-0.1, -0.05) is 6.42 Å². The number of hydrogen-bond donors (Lipinski definition) is 2. The quantitative estimate of drug-likeness (QED) is 0.822. The van der Waals surface area contributed by atoms with Gasteiger partial charge in [-0.2, -0.15) is 0 Å². The summed E-state index contributed by atoms with van der Waals surface area (Å²) in [6.07, 6.45) is 5.67. The monoisotopic (exact) mass is 392 g/mol. The summed E-state index contributed by atoms with van der Waals surface area (Å²) in [6.45, 7) is 3.83. The molecule has 1 spiro atoms. The van der Waals surface area contributed by atoms with Gasteiger partial charge in [-0.3, -0.25) is 9.59 Å². The molecule has 0 bridgehead atoms. The number of nitrogens with one attached hydrogen (secondary N) is 1. The SMILES string of the molecule is C[C@H](CO)NC(=O)c1cc2c(s1)CCOC21CCN(C(=O)C2CCC2)CC1. The number of thiophene rings is 1. The fourth-order valence-electron chi connectivity index (χ4n) is 4.28. The first-order valence-electron chi connectivity index (χ1n) is 10.00. The van der Waals surface area contributed by atoms with Gasteiger partial charge in [0.15, 0.2) is 0 Å². The summed E-state index contributed by atoms with van der Waals surface area (Å²) in [5, 5.41) is 12.0. The maximum atomic E-state index is 12.5. The molecule has 2 aliphatic heterocycles. The molecule has 1 atom stereocenters. The van der Waals surface area contributed by atoms with Crippen molar-refractivity contribution in [3.63, 3.8) is 0 Å². The minimum absolute atomic E-state index is 0.0747. The Morgan fingerprint density at radius 2 is 2.15 bits per heavy atom. The Kier molecular flexibility index (Phi) is 5.27. The number of nitrogens with zero attached hydrogens (tertiary/aromatic N) is 1. The van der Waals surface area contributed by atoms with E-state index in [-0.39, 0.29) is 30.1 Å². The second-order valence-electron chi connectivity index (χ2n) is 8.05. The van der Waals surface area contributed by atoms with Crippen LogP contribution in [0.3, 0.4) is 0 Å². The third kappa shape index (κ3) is 3.52. The van der Waals surface area contributed by atoms with Gasteiger partial charge >= 0.3 is 0 Å². The van der Waals surface area contributed by atoms with Crippen molar-refractivity contribution in [3.8, 4) is 0 Å². The van der Waals surface area contributed by atoms with Crippen molar-refractivity contribution in [1.29, 1.82) is 0 Å². The molecule has 1 aliphatic carbocycles. The van der Waals surface area contributed by atoms with Crippen LogP contribution in [0.5, 0.6) is 0 Å². The number of aliphatic hydroxyl groups excluding tert-OH is 1. The van der Waals surface area contributed by atoms with E-state index in [1.165, 1.54) is 22.6 Å². The number of piperidine rings is 1. The fourth-order valence-corrected chi connectivity index (χ4v) is 5.42. The Balaban J connectivity index is 1.48. The van der Waals surface area contributed by atoms with Crippen LogP contribution in [0.4, 0.5) is 0 Å². The molecule has 3 heterocycles. The van der Waals surface area contributed by atoms with Crippen LogP contribution in [0.2, 0.25) is 0 Å². The van der Waals surface area contributed by atoms with Gasteiger partial charge in [0, 0.05) is 36.3 Å².